The first-order valence-corrected chi connectivity index (χ1v) is 17.1. The molecule has 9 heteroatoms. The molecule has 0 amide bonds. The average Bonchev–Trinajstić information content (AvgIpc) is 3.13. The number of hydrogen-bond donors (Lipinski definition) is 1. The SMILES string of the molecule is CS(=O)(=O)OCC1COC(c2ccccc2)(c2ccccc2)OC1.OCC1COC(c2ccccc2)(c2ccccc2)OC1.[2H]CC. The summed E-state index contributed by atoms with van der Waals surface area (Å²) in [5.41, 5.74) is 3.75. The van der Waals surface area contributed by atoms with Crippen molar-refractivity contribution < 1.29 is 38.0 Å². The van der Waals surface area contributed by atoms with Crippen LogP contribution in [0.25, 0.3) is 0 Å². The molecule has 46 heavy (non-hydrogen) atoms. The number of ether oxygens (including phenoxy) is 4. The van der Waals surface area contributed by atoms with E-state index in [1.165, 1.54) is 0 Å². The monoisotopic (exact) mass is 649 g/mol. The second kappa shape index (κ2) is 16.9. The van der Waals surface area contributed by atoms with E-state index < -0.39 is 21.7 Å². The molecule has 2 aliphatic heterocycles. The van der Waals surface area contributed by atoms with Crippen LogP contribution in [0.3, 0.4) is 0 Å². The van der Waals surface area contributed by atoms with Crippen molar-refractivity contribution in [3.63, 3.8) is 0 Å². The predicted molar refractivity (Wildman–Crippen MR) is 177 cm³/mol. The first-order valence-electron chi connectivity index (χ1n) is 16.0. The van der Waals surface area contributed by atoms with E-state index in [9.17, 15) is 13.5 Å². The van der Waals surface area contributed by atoms with Gasteiger partial charge in [0.15, 0.2) is 0 Å². The fourth-order valence-corrected chi connectivity index (χ4v) is 5.61. The number of rotatable bonds is 8. The van der Waals surface area contributed by atoms with E-state index in [0.29, 0.717) is 33.3 Å². The summed E-state index contributed by atoms with van der Waals surface area (Å²) in [6.07, 6.45) is 1.04. The summed E-state index contributed by atoms with van der Waals surface area (Å²) in [6, 6.07) is 39.3. The molecule has 4 aromatic rings. The fraction of sp³-hybridized carbons (Fsp3) is 0.351. The molecule has 1 N–H and O–H groups in total. The molecule has 0 radical (unpaired) electrons. The molecule has 8 nitrogen and oxygen atoms in total. The zero-order chi connectivity index (χ0) is 33.6. The molecule has 0 atom stereocenters. The third kappa shape index (κ3) is 8.89. The van der Waals surface area contributed by atoms with E-state index >= 15 is 0 Å². The van der Waals surface area contributed by atoms with Crippen molar-refractivity contribution in [3.8, 4) is 0 Å². The van der Waals surface area contributed by atoms with Gasteiger partial charge < -0.3 is 24.1 Å². The first-order chi connectivity index (χ1) is 22.8. The summed E-state index contributed by atoms with van der Waals surface area (Å²) in [5, 5.41) is 9.24. The maximum Gasteiger partial charge on any atom is 0.264 e. The van der Waals surface area contributed by atoms with E-state index in [4.69, 9.17) is 24.5 Å². The molecule has 2 heterocycles. The number of benzene rings is 4. The number of aliphatic hydroxyl groups is 1. The van der Waals surface area contributed by atoms with E-state index in [-0.39, 0.29) is 25.0 Å². The average molecular weight is 650 g/mol. The number of hydrogen-bond acceptors (Lipinski definition) is 8. The zero-order valence-corrected chi connectivity index (χ0v) is 27.2. The van der Waals surface area contributed by atoms with Gasteiger partial charge in [-0.2, -0.15) is 8.42 Å². The lowest BCUT2D eigenvalue weighted by atomic mass is 9.95. The molecule has 246 valence electrons. The Labute approximate surface area is 274 Å². The molecule has 4 aromatic carbocycles. The van der Waals surface area contributed by atoms with Crippen LogP contribution in [0.2, 0.25) is 0 Å². The van der Waals surface area contributed by atoms with Gasteiger partial charge in [0.05, 0.1) is 45.9 Å². The second-order valence-electron chi connectivity index (χ2n) is 10.8. The Morgan fingerprint density at radius 2 is 0.935 bits per heavy atom. The highest BCUT2D eigenvalue weighted by Gasteiger charge is 2.42. The van der Waals surface area contributed by atoms with E-state index in [2.05, 4.69) is 0 Å². The molecular weight excluding hydrogens is 604 g/mol. The molecule has 2 fully saturated rings. The van der Waals surface area contributed by atoms with Crippen molar-refractivity contribution in [2.24, 2.45) is 11.8 Å². The van der Waals surface area contributed by atoms with Gasteiger partial charge in [-0.1, -0.05) is 135 Å². The summed E-state index contributed by atoms with van der Waals surface area (Å²) < 4.78 is 57.7. The van der Waals surface area contributed by atoms with Crippen molar-refractivity contribution in [2.45, 2.75) is 25.4 Å². The van der Waals surface area contributed by atoms with Gasteiger partial charge in [0.1, 0.15) is 0 Å². The Hall–Kier alpha value is -3.41. The van der Waals surface area contributed by atoms with E-state index in [0.717, 1.165) is 28.5 Å². The third-order valence-electron chi connectivity index (χ3n) is 7.48. The lowest BCUT2D eigenvalue weighted by Crippen LogP contribution is -2.44. The largest absolute Gasteiger partial charge is 0.396 e. The van der Waals surface area contributed by atoms with Gasteiger partial charge in [0, 0.05) is 35.5 Å². The predicted octanol–water partition coefficient (Wildman–Crippen LogP) is 6.10. The third-order valence-corrected chi connectivity index (χ3v) is 8.04. The van der Waals surface area contributed by atoms with Crippen LogP contribution in [0.15, 0.2) is 121 Å². The van der Waals surface area contributed by atoms with Crippen LogP contribution < -0.4 is 0 Å². The molecule has 6 rings (SSSR count). The number of aliphatic hydroxyl groups excluding tert-OH is 1. The Morgan fingerprint density at radius 3 is 1.20 bits per heavy atom. The quantitative estimate of drug-likeness (QED) is 0.229. The summed E-state index contributed by atoms with van der Waals surface area (Å²) in [6.45, 7) is 4.09. The summed E-state index contributed by atoms with van der Waals surface area (Å²) in [5.74, 6) is -1.95. The zero-order valence-electron chi connectivity index (χ0n) is 27.4. The maximum atomic E-state index is 11.1. The Kier molecular flexibility index (Phi) is 12.5. The molecule has 0 unspecified atom stereocenters. The Balaban J connectivity index is 0.000000199. The van der Waals surface area contributed by atoms with Crippen LogP contribution >= 0.6 is 0 Å². The van der Waals surface area contributed by atoms with Gasteiger partial charge in [0.2, 0.25) is 11.6 Å². The molecule has 0 saturated carbocycles. The van der Waals surface area contributed by atoms with Crippen LogP contribution in [0.4, 0.5) is 0 Å². The summed E-state index contributed by atoms with van der Waals surface area (Å²) in [7, 11) is -3.47. The highest BCUT2D eigenvalue weighted by atomic mass is 32.2. The highest BCUT2D eigenvalue weighted by Crippen LogP contribution is 2.39. The lowest BCUT2D eigenvalue weighted by Gasteiger charge is -2.40. The molecular formula is C37H44O8S. The summed E-state index contributed by atoms with van der Waals surface area (Å²) >= 11 is 0. The van der Waals surface area contributed by atoms with E-state index in [1.807, 2.05) is 121 Å². The second-order valence-corrected chi connectivity index (χ2v) is 12.5. The van der Waals surface area contributed by atoms with Gasteiger partial charge >= 0.3 is 0 Å². The molecule has 2 saturated heterocycles. The van der Waals surface area contributed by atoms with Crippen LogP contribution in [0.1, 0.15) is 37.4 Å². The molecule has 0 aromatic heterocycles. The smallest absolute Gasteiger partial charge is 0.264 e. The van der Waals surface area contributed by atoms with Crippen LogP contribution in [0, 0.1) is 11.8 Å². The van der Waals surface area contributed by atoms with Crippen molar-refractivity contribution in [2.75, 3.05) is 45.9 Å². The Bertz CT molecular complexity index is 1460. The minimum Gasteiger partial charge on any atom is -0.396 e. The van der Waals surface area contributed by atoms with Gasteiger partial charge in [-0.25, -0.2) is 0 Å². The van der Waals surface area contributed by atoms with Crippen molar-refractivity contribution >= 4 is 10.1 Å². The fourth-order valence-electron chi connectivity index (χ4n) is 5.17. The van der Waals surface area contributed by atoms with Crippen LogP contribution in [-0.2, 0) is 44.8 Å². The minimum atomic E-state index is -3.47. The molecule has 0 aliphatic carbocycles. The standard InChI is InChI=1S/C18H20O5S.C17H18O3.C2H6/c1-24(19,20)23-14-15-12-21-18(22-13-15,16-8-4-2-5-9-16)17-10-6-3-7-11-17;18-11-14-12-19-17(20-13-14,15-7-3-1-4-8-15)16-9-5-2-6-10-16;1-2/h2-11,15H,12-14H2,1H3;1-10,14,18H,11-13H2;1-2H3/i;;1D. The Morgan fingerprint density at radius 1 is 0.652 bits per heavy atom. The minimum absolute atomic E-state index is 0.0375. The van der Waals surface area contributed by atoms with Crippen molar-refractivity contribution in [3.05, 3.63) is 144 Å². The van der Waals surface area contributed by atoms with E-state index in [1.54, 1.807) is 6.92 Å². The highest BCUT2D eigenvalue weighted by molar-refractivity contribution is 7.85. The molecule has 0 spiro atoms. The normalized spacial score (nSPS) is 18.2. The van der Waals surface area contributed by atoms with Crippen molar-refractivity contribution in [1.82, 2.24) is 0 Å². The maximum absolute atomic E-state index is 11.1. The molecule has 0 bridgehead atoms. The van der Waals surface area contributed by atoms with Gasteiger partial charge in [0.25, 0.3) is 10.1 Å². The summed E-state index contributed by atoms with van der Waals surface area (Å²) in [4.78, 5) is 0. The molecule has 2 aliphatic rings. The lowest BCUT2D eigenvalue weighted by molar-refractivity contribution is -0.270. The van der Waals surface area contributed by atoms with Crippen LogP contribution in [-0.4, -0.2) is 59.4 Å². The van der Waals surface area contributed by atoms with Gasteiger partial charge in [-0.05, 0) is 0 Å². The van der Waals surface area contributed by atoms with Crippen molar-refractivity contribution in [1.29, 1.82) is 0 Å². The van der Waals surface area contributed by atoms with Gasteiger partial charge in [-0.15, -0.1) is 0 Å². The topological polar surface area (TPSA) is 101 Å². The first kappa shape index (κ1) is 33.9. The van der Waals surface area contributed by atoms with Crippen LogP contribution in [0.5, 0.6) is 0 Å². The van der Waals surface area contributed by atoms with Gasteiger partial charge in [-0.3, -0.25) is 4.18 Å².